The summed E-state index contributed by atoms with van der Waals surface area (Å²) in [5.41, 5.74) is 0. The van der Waals surface area contributed by atoms with Crippen molar-refractivity contribution in [2.75, 3.05) is 0 Å². The number of ether oxygens (including phenoxy) is 1. The van der Waals surface area contributed by atoms with E-state index in [0.29, 0.717) is 0 Å². The molecule has 0 saturated carbocycles. The van der Waals surface area contributed by atoms with E-state index in [1.54, 1.807) is 0 Å². The van der Waals surface area contributed by atoms with Crippen LogP contribution in [0.3, 0.4) is 0 Å². The van der Waals surface area contributed by atoms with Crippen LogP contribution in [0.4, 0.5) is 0 Å². The molecular weight excluding hydrogens is 166 g/mol. The lowest BCUT2D eigenvalue weighted by molar-refractivity contribution is -0.247. The molecule has 0 unspecified atom stereocenters. The van der Waals surface area contributed by atoms with Gasteiger partial charge in [-0.15, -0.1) is 0 Å². The molecule has 1 aliphatic heterocycles. The first kappa shape index (κ1) is 9.53. The second-order valence-electron chi connectivity index (χ2n) is 2.81. The predicted octanol–water partition coefficient (Wildman–Crippen LogP) is -1.42. The van der Waals surface area contributed by atoms with Gasteiger partial charge in [-0.1, -0.05) is 5.18 Å². The van der Waals surface area contributed by atoms with Crippen molar-refractivity contribution < 1.29 is 20.1 Å². The maximum absolute atomic E-state index is 10.1. The van der Waals surface area contributed by atoms with Crippen LogP contribution in [0.15, 0.2) is 5.18 Å². The molecule has 0 amide bonds. The van der Waals surface area contributed by atoms with Crippen LogP contribution in [0.5, 0.6) is 0 Å². The van der Waals surface area contributed by atoms with Crippen LogP contribution >= 0.6 is 0 Å². The third-order valence-electron chi connectivity index (χ3n) is 1.95. The van der Waals surface area contributed by atoms with Gasteiger partial charge in [0.1, 0.15) is 12.2 Å². The molecule has 5 atom stereocenters. The highest BCUT2D eigenvalue weighted by Gasteiger charge is 2.43. The summed E-state index contributed by atoms with van der Waals surface area (Å²) in [5.74, 6) is 0. The number of nitrogens with zero attached hydrogens (tertiary/aromatic N) is 1. The van der Waals surface area contributed by atoms with E-state index in [1.165, 1.54) is 6.92 Å². The van der Waals surface area contributed by atoms with Crippen LogP contribution in [0.1, 0.15) is 6.92 Å². The molecule has 1 saturated heterocycles. The largest absolute Gasteiger partial charge is 0.388 e. The molecule has 12 heavy (non-hydrogen) atoms. The van der Waals surface area contributed by atoms with Crippen molar-refractivity contribution in [1.82, 2.24) is 0 Å². The zero-order valence-corrected chi connectivity index (χ0v) is 6.49. The van der Waals surface area contributed by atoms with Gasteiger partial charge in [-0.25, -0.2) is 0 Å². The first-order valence-corrected chi connectivity index (χ1v) is 3.60. The van der Waals surface area contributed by atoms with E-state index < -0.39 is 30.6 Å². The Morgan fingerprint density at radius 2 is 1.83 bits per heavy atom. The van der Waals surface area contributed by atoms with E-state index >= 15 is 0 Å². The van der Waals surface area contributed by atoms with Crippen LogP contribution in [0.25, 0.3) is 0 Å². The lowest BCUT2D eigenvalue weighted by Crippen LogP contribution is -2.55. The van der Waals surface area contributed by atoms with Crippen molar-refractivity contribution in [3.05, 3.63) is 4.91 Å². The Morgan fingerprint density at radius 3 is 2.33 bits per heavy atom. The van der Waals surface area contributed by atoms with Crippen LogP contribution < -0.4 is 0 Å². The van der Waals surface area contributed by atoms with Gasteiger partial charge >= 0.3 is 0 Å². The molecule has 1 heterocycles. The van der Waals surface area contributed by atoms with E-state index in [9.17, 15) is 10.0 Å². The number of nitroso groups, excluding NO2 is 1. The molecule has 0 aliphatic carbocycles. The third-order valence-corrected chi connectivity index (χ3v) is 1.95. The minimum atomic E-state index is -1.45. The fraction of sp³-hybridized carbons (Fsp3) is 1.00. The first-order chi connectivity index (χ1) is 5.57. The summed E-state index contributed by atoms with van der Waals surface area (Å²) >= 11 is 0. The highest BCUT2D eigenvalue weighted by atomic mass is 16.6. The number of hydrogen-bond donors (Lipinski definition) is 3. The van der Waals surface area contributed by atoms with Gasteiger partial charge in [0.15, 0.2) is 12.3 Å². The normalized spacial score (nSPS) is 48.8. The Kier molecular flexibility index (Phi) is 2.73. The summed E-state index contributed by atoms with van der Waals surface area (Å²) in [7, 11) is 0. The van der Waals surface area contributed by atoms with E-state index in [-0.39, 0.29) is 0 Å². The molecule has 0 bridgehead atoms. The third kappa shape index (κ3) is 1.46. The van der Waals surface area contributed by atoms with Gasteiger partial charge in [-0.05, 0) is 6.92 Å². The highest BCUT2D eigenvalue weighted by Crippen LogP contribution is 2.21. The van der Waals surface area contributed by atoms with Gasteiger partial charge in [0.25, 0.3) is 0 Å². The number of aliphatic hydroxyl groups excluding tert-OH is 3. The fourth-order valence-corrected chi connectivity index (χ4v) is 1.15. The molecule has 6 nitrogen and oxygen atoms in total. The Labute approximate surface area is 68.7 Å². The smallest absolute Gasteiger partial charge is 0.183 e. The van der Waals surface area contributed by atoms with Gasteiger partial charge in [0.05, 0.1) is 6.10 Å². The van der Waals surface area contributed by atoms with Crippen molar-refractivity contribution in [2.45, 2.75) is 37.6 Å². The van der Waals surface area contributed by atoms with E-state index in [1.807, 2.05) is 0 Å². The average Bonchev–Trinajstić information content (AvgIpc) is 2.02. The molecule has 70 valence electrons. The predicted molar refractivity (Wildman–Crippen MR) is 38.2 cm³/mol. The average molecular weight is 177 g/mol. The standard InChI is InChI=1S/C6H11NO5/c1-2-4(8)3(7-11)5(9)6(10)12-2/h2-6,8-10H,1H3/t2-,3+,4+,5+,6-/m0/s1. The van der Waals surface area contributed by atoms with Gasteiger partial charge in [0.2, 0.25) is 0 Å². The van der Waals surface area contributed by atoms with Gasteiger partial charge in [-0.2, -0.15) is 4.91 Å². The zero-order valence-electron chi connectivity index (χ0n) is 6.49. The molecule has 3 N–H and O–H groups in total. The Morgan fingerprint density at radius 1 is 1.25 bits per heavy atom. The maximum atomic E-state index is 10.1. The lowest BCUT2D eigenvalue weighted by Gasteiger charge is -2.35. The van der Waals surface area contributed by atoms with Crippen LogP contribution in [-0.2, 0) is 4.74 Å². The molecule has 0 spiro atoms. The molecule has 1 aliphatic rings. The van der Waals surface area contributed by atoms with Gasteiger partial charge in [-0.3, -0.25) is 0 Å². The van der Waals surface area contributed by atoms with Crippen LogP contribution in [-0.4, -0.2) is 46.0 Å². The van der Waals surface area contributed by atoms with Gasteiger partial charge in [0, 0.05) is 0 Å². The molecule has 6 heteroatoms. The highest BCUT2D eigenvalue weighted by molar-refractivity contribution is 4.91. The SMILES string of the molecule is C[C@@H]1O[C@H](O)[C@H](O)[C@H](N=O)[C@@H]1O. The summed E-state index contributed by atoms with van der Waals surface area (Å²) in [6.45, 7) is 1.48. The van der Waals surface area contributed by atoms with E-state index in [0.717, 1.165) is 0 Å². The lowest BCUT2D eigenvalue weighted by atomic mass is 9.98. The number of aliphatic hydroxyl groups is 3. The molecule has 1 fully saturated rings. The van der Waals surface area contributed by atoms with E-state index in [4.69, 9.17) is 14.9 Å². The maximum Gasteiger partial charge on any atom is 0.183 e. The van der Waals surface area contributed by atoms with Crippen molar-refractivity contribution in [3.8, 4) is 0 Å². The molecule has 0 radical (unpaired) electrons. The first-order valence-electron chi connectivity index (χ1n) is 3.60. The molecular formula is C6H11NO5. The summed E-state index contributed by atoms with van der Waals surface area (Å²) in [5, 5.41) is 29.8. The molecule has 0 aromatic rings. The summed E-state index contributed by atoms with van der Waals surface area (Å²) < 4.78 is 4.70. The Bertz CT molecular complexity index is 161. The second kappa shape index (κ2) is 3.44. The topological polar surface area (TPSA) is 99.4 Å². The van der Waals surface area contributed by atoms with Crippen molar-refractivity contribution in [2.24, 2.45) is 5.18 Å². The molecule has 1 rings (SSSR count). The molecule has 0 aromatic heterocycles. The minimum Gasteiger partial charge on any atom is -0.388 e. The summed E-state index contributed by atoms with van der Waals surface area (Å²) in [6.07, 6.45) is -4.77. The number of hydrogen-bond acceptors (Lipinski definition) is 6. The summed E-state index contributed by atoms with van der Waals surface area (Å²) in [4.78, 5) is 10.1. The molecule has 0 aromatic carbocycles. The fourth-order valence-electron chi connectivity index (χ4n) is 1.15. The second-order valence-corrected chi connectivity index (χ2v) is 2.81. The van der Waals surface area contributed by atoms with Gasteiger partial charge < -0.3 is 20.1 Å². The van der Waals surface area contributed by atoms with Crippen LogP contribution in [0, 0.1) is 4.91 Å². The van der Waals surface area contributed by atoms with Crippen molar-refractivity contribution >= 4 is 0 Å². The quantitative estimate of drug-likeness (QED) is 0.427. The van der Waals surface area contributed by atoms with Crippen molar-refractivity contribution in [3.63, 3.8) is 0 Å². The minimum absolute atomic E-state index is 0.703. The van der Waals surface area contributed by atoms with Crippen molar-refractivity contribution in [1.29, 1.82) is 0 Å². The van der Waals surface area contributed by atoms with E-state index in [2.05, 4.69) is 5.18 Å². The van der Waals surface area contributed by atoms with Crippen LogP contribution in [0.2, 0.25) is 0 Å². The Balaban J connectivity index is 2.73. The Hall–Kier alpha value is -0.560. The zero-order chi connectivity index (χ0) is 9.30. The monoisotopic (exact) mass is 177 g/mol. The number of rotatable bonds is 1. The summed E-state index contributed by atoms with van der Waals surface area (Å²) in [6, 6.07) is -1.22.